The van der Waals surface area contributed by atoms with Crippen LogP contribution in [0, 0.1) is 0 Å². The molecule has 0 bridgehead atoms. The van der Waals surface area contributed by atoms with Crippen LogP contribution in [0.1, 0.15) is 74.7 Å². The first kappa shape index (κ1) is 21.2. The van der Waals surface area contributed by atoms with Gasteiger partial charge in [0.1, 0.15) is 0 Å². The first-order chi connectivity index (χ1) is 14.4. The van der Waals surface area contributed by atoms with Crippen molar-refractivity contribution in [2.24, 2.45) is 0 Å². The Labute approximate surface area is 175 Å². The Morgan fingerprint density at radius 1 is 1.07 bits per heavy atom. The highest BCUT2D eigenvalue weighted by Gasteiger charge is 2.48. The third kappa shape index (κ3) is 4.66. The summed E-state index contributed by atoms with van der Waals surface area (Å²) in [6.07, 6.45) is 8.72. The van der Waals surface area contributed by atoms with Crippen molar-refractivity contribution in [2.45, 2.75) is 81.4 Å². The SMILES string of the molecule is FC(F)(F)c1cc(CCCC[C@@]2(c3ccccn3)CCOC3(CCCC3)C2)cnn1. The molecule has 30 heavy (non-hydrogen) atoms. The highest BCUT2D eigenvalue weighted by atomic mass is 19.4. The van der Waals surface area contributed by atoms with Crippen LogP contribution in [0.25, 0.3) is 0 Å². The normalized spacial score (nSPS) is 23.7. The Kier molecular flexibility index (Phi) is 6.09. The number of hydrogen-bond donors (Lipinski definition) is 0. The van der Waals surface area contributed by atoms with E-state index in [1.807, 2.05) is 18.3 Å². The van der Waals surface area contributed by atoms with Crippen molar-refractivity contribution in [3.63, 3.8) is 0 Å². The summed E-state index contributed by atoms with van der Waals surface area (Å²) < 4.78 is 44.9. The van der Waals surface area contributed by atoms with Crippen molar-refractivity contribution in [2.75, 3.05) is 6.61 Å². The Morgan fingerprint density at radius 2 is 1.90 bits per heavy atom. The molecule has 4 rings (SSSR count). The molecule has 1 saturated heterocycles. The van der Waals surface area contributed by atoms with E-state index < -0.39 is 11.9 Å². The van der Waals surface area contributed by atoms with Crippen LogP contribution in [-0.2, 0) is 22.7 Å². The molecule has 0 N–H and O–H groups in total. The lowest BCUT2D eigenvalue weighted by atomic mass is 9.67. The predicted octanol–water partition coefficient (Wildman–Crippen LogP) is 5.66. The minimum Gasteiger partial charge on any atom is -0.375 e. The molecule has 2 fully saturated rings. The van der Waals surface area contributed by atoms with Gasteiger partial charge in [-0.25, -0.2) is 0 Å². The average molecular weight is 419 g/mol. The van der Waals surface area contributed by atoms with Gasteiger partial charge in [0, 0.05) is 23.9 Å². The van der Waals surface area contributed by atoms with Crippen molar-refractivity contribution in [3.8, 4) is 0 Å². The van der Waals surface area contributed by atoms with Gasteiger partial charge in [-0.3, -0.25) is 4.98 Å². The minimum atomic E-state index is -4.45. The fourth-order valence-corrected chi connectivity index (χ4v) is 5.27. The molecule has 0 amide bonds. The number of pyridine rings is 1. The molecule has 1 aliphatic carbocycles. The second-order valence-corrected chi connectivity index (χ2v) is 8.81. The number of aryl methyl sites for hydroxylation is 1. The van der Waals surface area contributed by atoms with Gasteiger partial charge in [-0.05, 0) is 68.7 Å². The van der Waals surface area contributed by atoms with Gasteiger partial charge < -0.3 is 4.74 Å². The highest BCUT2D eigenvalue weighted by molar-refractivity contribution is 5.21. The molecule has 0 unspecified atom stereocenters. The maximum atomic E-state index is 12.9. The summed E-state index contributed by atoms with van der Waals surface area (Å²) >= 11 is 0. The van der Waals surface area contributed by atoms with Crippen molar-refractivity contribution >= 4 is 0 Å². The molecule has 1 aliphatic heterocycles. The number of rotatable bonds is 6. The summed E-state index contributed by atoms with van der Waals surface area (Å²) in [7, 11) is 0. The summed E-state index contributed by atoms with van der Waals surface area (Å²) in [6.45, 7) is 0.750. The molecule has 2 aliphatic rings. The Hall–Kier alpha value is -2.02. The fraction of sp³-hybridized carbons (Fsp3) is 0.609. The Bertz CT molecular complexity index is 837. The van der Waals surface area contributed by atoms with Crippen LogP contribution >= 0.6 is 0 Å². The van der Waals surface area contributed by atoms with Gasteiger partial charge in [0.2, 0.25) is 0 Å². The number of unbranched alkanes of at least 4 members (excludes halogenated alkanes) is 1. The van der Waals surface area contributed by atoms with Crippen molar-refractivity contribution in [1.82, 2.24) is 15.2 Å². The molecule has 3 heterocycles. The molecule has 0 aromatic carbocycles. The molecular weight excluding hydrogens is 391 g/mol. The molecule has 162 valence electrons. The zero-order chi connectivity index (χ0) is 21.1. The first-order valence-corrected chi connectivity index (χ1v) is 10.9. The fourth-order valence-electron chi connectivity index (χ4n) is 5.27. The van der Waals surface area contributed by atoms with Crippen molar-refractivity contribution in [1.29, 1.82) is 0 Å². The third-order valence-electron chi connectivity index (χ3n) is 6.74. The maximum absolute atomic E-state index is 12.9. The molecule has 1 spiro atoms. The number of ether oxygens (including phenoxy) is 1. The lowest BCUT2D eigenvalue weighted by Crippen LogP contribution is -2.46. The van der Waals surface area contributed by atoms with E-state index in [-0.39, 0.29) is 11.0 Å². The molecule has 2 aromatic heterocycles. The number of halogens is 3. The third-order valence-corrected chi connectivity index (χ3v) is 6.74. The highest BCUT2D eigenvalue weighted by Crippen LogP contribution is 2.50. The number of nitrogens with zero attached hydrogens (tertiary/aromatic N) is 3. The van der Waals surface area contributed by atoms with Gasteiger partial charge >= 0.3 is 6.18 Å². The minimum absolute atomic E-state index is 0.0164. The van der Waals surface area contributed by atoms with Crippen LogP contribution in [0.15, 0.2) is 36.7 Å². The molecular formula is C23H28F3N3O. The van der Waals surface area contributed by atoms with E-state index in [1.54, 1.807) is 0 Å². The van der Waals surface area contributed by atoms with Gasteiger partial charge in [-0.15, -0.1) is 5.10 Å². The Morgan fingerprint density at radius 3 is 2.63 bits per heavy atom. The second-order valence-electron chi connectivity index (χ2n) is 8.81. The van der Waals surface area contributed by atoms with Crippen molar-refractivity contribution < 1.29 is 17.9 Å². The van der Waals surface area contributed by atoms with Gasteiger partial charge in [0.15, 0.2) is 5.69 Å². The number of aromatic nitrogens is 3. The van der Waals surface area contributed by atoms with Gasteiger partial charge in [-0.2, -0.15) is 18.3 Å². The molecule has 4 nitrogen and oxygen atoms in total. The zero-order valence-corrected chi connectivity index (χ0v) is 17.1. The molecule has 1 saturated carbocycles. The zero-order valence-electron chi connectivity index (χ0n) is 17.1. The average Bonchev–Trinajstić information content (AvgIpc) is 3.19. The molecule has 2 aromatic rings. The van der Waals surface area contributed by atoms with Crippen LogP contribution in [0.3, 0.4) is 0 Å². The number of alkyl halides is 3. The van der Waals surface area contributed by atoms with Crippen LogP contribution < -0.4 is 0 Å². The quantitative estimate of drug-likeness (QED) is 0.567. The lowest BCUT2D eigenvalue weighted by molar-refractivity contribution is -0.141. The molecule has 0 radical (unpaired) electrons. The van der Waals surface area contributed by atoms with Crippen LogP contribution in [0.2, 0.25) is 0 Å². The topological polar surface area (TPSA) is 47.9 Å². The lowest BCUT2D eigenvalue weighted by Gasteiger charge is -2.46. The monoisotopic (exact) mass is 419 g/mol. The smallest absolute Gasteiger partial charge is 0.375 e. The van der Waals surface area contributed by atoms with Gasteiger partial charge in [-0.1, -0.05) is 25.3 Å². The van der Waals surface area contributed by atoms with E-state index in [2.05, 4.69) is 16.3 Å². The van der Waals surface area contributed by atoms with E-state index >= 15 is 0 Å². The van der Waals surface area contributed by atoms with E-state index in [4.69, 9.17) is 9.72 Å². The molecule has 1 atom stereocenters. The van der Waals surface area contributed by atoms with E-state index in [0.717, 1.165) is 63.3 Å². The maximum Gasteiger partial charge on any atom is 0.435 e. The summed E-state index contributed by atoms with van der Waals surface area (Å²) in [5.74, 6) is 0. The van der Waals surface area contributed by atoms with Gasteiger partial charge in [0.05, 0.1) is 11.8 Å². The van der Waals surface area contributed by atoms with E-state index in [0.29, 0.717) is 12.0 Å². The summed E-state index contributed by atoms with van der Waals surface area (Å²) in [5, 5.41) is 6.74. The molecule has 7 heteroatoms. The summed E-state index contributed by atoms with van der Waals surface area (Å²) in [4.78, 5) is 4.71. The van der Waals surface area contributed by atoms with Crippen LogP contribution in [0.4, 0.5) is 13.2 Å². The Balaban J connectivity index is 1.43. The van der Waals surface area contributed by atoms with E-state index in [1.165, 1.54) is 19.0 Å². The predicted molar refractivity (Wildman–Crippen MR) is 107 cm³/mol. The van der Waals surface area contributed by atoms with Crippen LogP contribution in [0.5, 0.6) is 0 Å². The second kappa shape index (κ2) is 8.61. The van der Waals surface area contributed by atoms with Crippen molar-refractivity contribution in [3.05, 3.63) is 53.6 Å². The largest absolute Gasteiger partial charge is 0.435 e. The standard InChI is InChI=1S/C23H28F3N3O/c24-23(25,26)20-15-18(16-28-29-20)7-1-3-9-21(19-8-2-6-13-27-19)12-14-30-22(17-21)10-4-5-11-22/h2,6,8,13,15-16H,1,3-5,7,9-12,14,17H2/t21-/m1/s1. The number of hydrogen-bond acceptors (Lipinski definition) is 4. The van der Waals surface area contributed by atoms with Crippen LogP contribution in [-0.4, -0.2) is 27.4 Å². The summed E-state index contributed by atoms with van der Waals surface area (Å²) in [5.41, 5.74) is 0.759. The first-order valence-electron chi connectivity index (χ1n) is 10.9. The van der Waals surface area contributed by atoms with E-state index in [9.17, 15) is 13.2 Å². The van der Waals surface area contributed by atoms with Gasteiger partial charge in [0.25, 0.3) is 0 Å². The summed E-state index contributed by atoms with van der Waals surface area (Å²) in [6, 6.07) is 7.22.